The quantitative estimate of drug-likeness (QED) is 0.910. The van der Waals surface area contributed by atoms with Crippen molar-refractivity contribution in [2.24, 2.45) is 0 Å². The summed E-state index contributed by atoms with van der Waals surface area (Å²) in [6.07, 6.45) is 5.80. The summed E-state index contributed by atoms with van der Waals surface area (Å²) < 4.78 is 0. The highest BCUT2D eigenvalue weighted by molar-refractivity contribution is 5.87. The SMILES string of the molecule is Nc1nc2cc(ON3CCCC3)ccc2c2c1CCC2. The summed E-state index contributed by atoms with van der Waals surface area (Å²) in [6.45, 7) is 2.02. The predicted octanol–water partition coefficient (Wildman–Crippen LogP) is 2.70. The fourth-order valence-electron chi connectivity index (χ4n) is 3.37. The second kappa shape index (κ2) is 4.63. The van der Waals surface area contributed by atoms with Crippen molar-refractivity contribution < 1.29 is 4.84 Å². The number of pyridine rings is 1. The molecule has 1 aromatic carbocycles. The van der Waals surface area contributed by atoms with Crippen LogP contribution in [-0.4, -0.2) is 23.1 Å². The molecule has 4 nitrogen and oxygen atoms in total. The second-order valence-corrected chi connectivity index (χ2v) is 5.71. The molecule has 2 aromatic rings. The van der Waals surface area contributed by atoms with Crippen molar-refractivity contribution >= 4 is 16.7 Å². The molecule has 20 heavy (non-hydrogen) atoms. The van der Waals surface area contributed by atoms with Gasteiger partial charge in [-0.15, -0.1) is 5.06 Å². The molecule has 2 aliphatic rings. The highest BCUT2D eigenvalue weighted by Gasteiger charge is 2.19. The molecule has 1 aliphatic carbocycles. The Morgan fingerprint density at radius 3 is 2.70 bits per heavy atom. The lowest BCUT2D eigenvalue weighted by Crippen LogP contribution is -2.23. The van der Waals surface area contributed by atoms with E-state index in [0.717, 1.165) is 37.2 Å². The molecular weight excluding hydrogens is 250 g/mol. The summed E-state index contributed by atoms with van der Waals surface area (Å²) in [7, 11) is 0. The lowest BCUT2D eigenvalue weighted by molar-refractivity contribution is -0.0345. The van der Waals surface area contributed by atoms with Crippen LogP contribution in [0.15, 0.2) is 18.2 Å². The van der Waals surface area contributed by atoms with Crippen molar-refractivity contribution in [3.05, 3.63) is 29.3 Å². The van der Waals surface area contributed by atoms with Gasteiger partial charge < -0.3 is 10.6 Å². The maximum Gasteiger partial charge on any atom is 0.149 e. The normalized spacial score (nSPS) is 18.6. The first kappa shape index (κ1) is 12.0. The van der Waals surface area contributed by atoms with Crippen LogP contribution in [0.25, 0.3) is 10.9 Å². The van der Waals surface area contributed by atoms with Crippen LogP contribution in [0.5, 0.6) is 5.75 Å². The Morgan fingerprint density at radius 2 is 1.85 bits per heavy atom. The lowest BCUT2D eigenvalue weighted by Gasteiger charge is -2.16. The molecule has 0 radical (unpaired) electrons. The largest absolute Gasteiger partial charge is 0.406 e. The molecule has 2 N–H and O–H groups in total. The minimum Gasteiger partial charge on any atom is -0.406 e. The van der Waals surface area contributed by atoms with Gasteiger partial charge in [-0.2, -0.15) is 0 Å². The van der Waals surface area contributed by atoms with E-state index < -0.39 is 0 Å². The van der Waals surface area contributed by atoms with Gasteiger partial charge in [0.15, 0.2) is 0 Å². The van der Waals surface area contributed by atoms with Crippen LogP contribution in [-0.2, 0) is 12.8 Å². The highest BCUT2D eigenvalue weighted by atomic mass is 16.7. The number of nitrogens with two attached hydrogens (primary N) is 1. The molecule has 0 atom stereocenters. The Hall–Kier alpha value is -1.81. The Balaban J connectivity index is 1.74. The summed E-state index contributed by atoms with van der Waals surface area (Å²) in [5.41, 5.74) is 9.69. The molecule has 4 rings (SSSR count). The predicted molar refractivity (Wildman–Crippen MR) is 79.6 cm³/mol. The van der Waals surface area contributed by atoms with Gasteiger partial charge >= 0.3 is 0 Å². The van der Waals surface area contributed by atoms with Crippen molar-refractivity contribution in [3.8, 4) is 5.75 Å². The number of nitrogens with zero attached hydrogens (tertiary/aromatic N) is 2. The molecule has 1 saturated heterocycles. The van der Waals surface area contributed by atoms with Crippen LogP contribution in [0.2, 0.25) is 0 Å². The number of anilines is 1. The Kier molecular flexibility index (Phi) is 2.77. The van der Waals surface area contributed by atoms with Crippen LogP contribution >= 0.6 is 0 Å². The third-order valence-corrected chi connectivity index (χ3v) is 4.36. The monoisotopic (exact) mass is 269 g/mol. The molecule has 4 heteroatoms. The summed E-state index contributed by atoms with van der Waals surface area (Å²) in [5, 5.41) is 3.26. The second-order valence-electron chi connectivity index (χ2n) is 5.71. The molecule has 104 valence electrons. The van der Waals surface area contributed by atoms with Gasteiger partial charge in [-0.05, 0) is 55.4 Å². The zero-order chi connectivity index (χ0) is 13.5. The molecule has 1 fully saturated rings. The number of rotatable bonds is 2. The highest BCUT2D eigenvalue weighted by Crippen LogP contribution is 2.33. The van der Waals surface area contributed by atoms with Gasteiger partial charge in [-0.1, -0.05) is 0 Å². The third-order valence-electron chi connectivity index (χ3n) is 4.36. The Morgan fingerprint density at radius 1 is 1.05 bits per heavy atom. The van der Waals surface area contributed by atoms with Gasteiger partial charge in [0, 0.05) is 24.5 Å². The van der Waals surface area contributed by atoms with Crippen LogP contribution in [0.1, 0.15) is 30.4 Å². The zero-order valence-electron chi connectivity index (χ0n) is 11.6. The van der Waals surface area contributed by atoms with Gasteiger partial charge in [0.2, 0.25) is 0 Å². The van der Waals surface area contributed by atoms with Gasteiger partial charge in [0.1, 0.15) is 11.6 Å². The van der Waals surface area contributed by atoms with E-state index in [4.69, 9.17) is 10.6 Å². The van der Waals surface area contributed by atoms with Crippen molar-refractivity contribution in [2.75, 3.05) is 18.8 Å². The number of nitrogen functional groups attached to an aromatic ring is 1. The molecule has 0 amide bonds. The minimum atomic E-state index is 0.698. The van der Waals surface area contributed by atoms with Crippen molar-refractivity contribution in [1.82, 2.24) is 10.0 Å². The van der Waals surface area contributed by atoms with Crippen LogP contribution in [0.4, 0.5) is 5.82 Å². The van der Waals surface area contributed by atoms with E-state index in [2.05, 4.69) is 17.1 Å². The lowest BCUT2D eigenvalue weighted by atomic mass is 10.0. The fourth-order valence-corrected chi connectivity index (χ4v) is 3.37. The zero-order valence-corrected chi connectivity index (χ0v) is 11.6. The van der Waals surface area contributed by atoms with Crippen molar-refractivity contribution in [3.63, 3.8) is 0 Å². The van der Waals surface area contributed by atoms with Crippen molar-refractivity contribution in [1.29, 1.82) is 0 Å². The van der Waals surface area contributed by atoms with Gasteiger partial charge in [-0.3, -0.25) is 0 Å². The van der Waals surface area contributed by atoms with E-state index in [9.17, 15) is 0 Å². The van der Waals surface area contributed by atoms with E-state index in [0.29, 0.717) is 5.82 Å². The number of fused-ring (bicyclic) bond motifs is 3. The van der Waals surface area contributed by atoms with Crippen LogP contribution in [0.3, 0.4) is 0 Å². The van der Waals surface area contributed by atoms with Crippen molar-refractivity contribution in [2.45, 2.75) is 32.1 Å². The van der Waals surface area contributed by atoms with E-state index in [-0.39, 0.29) is 0 Å². The number of hydrogen-bond donors (Lipinski definition) is 1. The summed E-state index contributed by atoms with van der Waals surface area (Å²) in [5.74, 6) is 1.56. The number of hydroxylamine groups is 2. The molecule has 0 unspecified atom stereocenters. The standard InChI is InChI=1S/C16H19N3O/c17-16-14-5-3-4-12(14)13-7-6-11(10-15(13)18-16)20-19-8-1-2-9-19/h6-7,10H,1-5,8-9H2,(H2,17,18). The first-order valence-electron chi connectivity index (χ1n) is 7.45. The van der Waals surface area contributed by atoms with Gasteiger partial charge in [0.25, 0.3) is 0 Å². The topological polar surface area (TPSA) is 51.4 Å². The first-order chi connectivity index (χ1) is 9.81. The number of hydrogen-bond acceptors (Lipinski definition) is 4. The average Bonchev–Trinajstić information content (AvgIpc) is 3.09. The number of benzene rings is 1. The smallest absolute Gasteiger partial charge is 0.149 e. The molecule has 2 heterocycles. The third kappa shape index (κ3) is 1.91. The van der Waals surface area contributed by atoms with E-state index >= 15 is 0 Å². The molecule has 0 spiro atoms. The molecular formula is C16H19N3O. The van der Waals surface area contributed by atoms with Crippen LogP contribution < -0.4 is 10.6 Å². The van der Waals surface area contributed by atoms with E-state index in [1.807, 2.05) is 11.1 Å². The summed E-state index contributed by atoms with van der Waals surface area (Å²) in [6, 6.07) is 6.21. The maximum atomic E-state index is 6.09. The molecule has 0 bridgehead atoms. The molecule has 0 saturated carbocycles. The van der Waals surface area contributed by atoms with Gasteiger partial charge in [-0.25, -0.2) is 4.98 Å². The van der Waals surface area contributed by atoms with E-state index in [1.54, 1.807) is 0 Å². The molecule has 1 aromatic heterocycles. The van der Waals surface area contributed by atoms with E-state index in [1.165, 1.54) is 35.8 Å². The van der Waals surface area contributed by atoms with Crippen LogP contribution in [0, 0.1) is 0 Å². The number of aryl methyl sites for hydroxylation is 1. The van der Waals surface area contributed by atoms with Gasteiger partial charge in [0.05, 0.1) is 5.52 Å². The maximum absolute atomic E-state index is 6.09. The first-order valence-corrected chi connectivity index (χ1v) is 7.45. The Labute approximate surface area is 118 Å². The summed E-state index contributed by atoms with van der Waals surface area (Å²) >= 11 is 0. The summed E-state index contributed by atoms with van der Waals surface area (Å²) in [4.78, 5) is 10.5. The minimum absolute atomic E-state index is 0.698. The number of aromatic nitrogens is 1. The molecule has 1 aliphatic heterocycles. The Bertz CT molecular complexity index is 662. The fraction of sp³-hybridized carbons (Fsp3) is 0.438. The average molecular weight is 269 g/mol.